The summed E-state index contributed by atoms with van der Waals surface area (Å²) in [6.07, 6.45) is 0.357. The third-order valence-electron chi connectivity index (χ3n) is 3.85. The molecule has 1 aliphatic heterocycles. The Morgan fingerprint density at radius 3 is 2.26 bits per heavy atom. The van der Waals surface area contributed by atoms with Crippen LogP contribution in [0, 0.1) is 0 Å². The van der Waals surface area contributed by atoms with Gasteiger partial charge in [0.2, 0.25) is 0 Å². The fraction of sp³-hybridized carbons (Fsp3) is 0.529. The lowest BCUT2D eigenvalue weighted by Crippen LogP contribution is -3.16. The third kappa shape index (κ3) is 5.04. The Labute approximate surface area is 137 Å². The number of hydrogen-bond donors (Lipinski definition) is 2. The highest BCUT2D eigenvalue weighted by atomic mass is 16.5. The second kappa shape index (κ2) is 7.57. The molecule has 6 heteroatoms. The van der Waals surface area contributed by atoms with Gasteiger partial charge in [-0.2, -0.15) is 0 Å². The quantitative estimate of drug-likeness (QED) is 0.822. The second-order valence-electron chi connectivity index (χ2n) is 6.42. The van der Waals surface area contributed by atoms with E-state index in [9.17, 15) is 9.59 Å². The molecule has 1 aromatic rings. The van der Waals surface area contributed by atoms with Crippen molar-refractivity contribution in [1.29, 1.82) is 0 Å². The Balaban J connectivity index is 1.89. The van der Waals surface area contributed by atoms with Crippen molar-refractivity contribution in [3.8, 4) is 0 Å². The summed E-state index contributed by atoms with van der Waals surface area (Å²) in [6.45, 7) is 6.18. The zero-order valence-electron chi connectivity index (χ0n) is 14.3. The maximum absolute atomic E-state index is 12.2. The highest BCUT2D eigenvalue weighted by molar-refractivity contribution is 5.95. The van der Waals surface area contributed by atoms with Crippen molar-refractivity contribution in [1.82, 2.24) is 4.90 Å². The topological polar surface area (TPSA) is 63.1 Å². The predicted octanol–water partition coefficient (Wildman–Crippen LogP) is 0.0190. The summed E-state index contributed by atoms with van der Waals surface area (Å²) in [4.78, 5) is 26.8. The zero-order valence-corrected chi connectivity index (χ0v) is 14.3. The normalized spacial score (nSPS) is 24.1. The van der Waals surface area contributed by atoms with Gasteiger partial charge >= 0.3 is 0 Å². The molecule has 0 aromatic heterocycles. The number of anilines is 1. The molecule has 0 unspecified atom stereocenters. The first-order chi connectivity index (χ1) is 10.8. The van der Waals surface area contributed by atoms with Crippen molar-refractivity contribution in [2.75, 3.05) is 39.0 Å². The minimum Gasteiger partial charge on any atom is -0.364 e. The van der Waals surface area contributed by atoms with E-state index < -0.39 is 0 Å². The number of hydrogen-bond acceptors (Lipinski definition) is 3. The number of nitrogens with zero attached hydrogens (tertiary/aromatic N) is 1. The van der Waals surface area contributed by atoms with Crippen LogP contribution in [-0.2, 0) is 9.53 Å². The summed E-state index contributed by atoms with van der Waals surface area (Å²) < 4.78 is 5.68. The minimum absolute atomic E-state index is 0.0204. The van der Waals surface area contributed by atoms with Crippen LogP contribution >= 0.6 is 0 Å². The van der Waals surface area contributed by atoms with Crippen LogP contribution in [-0.4, -0.2) is 62.7 Å². The lowest BCUT2D eigenvalue weighted by molar-refractivity contribution is -0.907. The molecule has 1 fully saturated rings. The van der Waals surface area contributed by atoms with Crippen LogP contribution in [0.25, 0.3) is 0 Å². The van der Waals surface area contributed by atoms with Gasteiger partial charge in [-0.25, -0.2) is 0 Å². The van der Waals surface area contributed by atoms with Crippen molar-refractivity contribution in [2.45, 2.75) is 26.1 Å². The van der Waals surface area contributed by atoms with Gasteiger partial charge in [0, 0.05) is 25.3 Å². The van der Waals surface area contributed by atoms with Crippen LogP contribution in [0.2, 0.25) is 0 Å². The molecular weight excluding hydrogens is 294 g/mol. The maximum atomic E-state index is 12.2. The van der Waals surface area contributed by atoms with Gasteiger partial charge in [0.15, 0.2) is 6.54 Å². The molecule has 6 nitrogen and oxygen atoms in total. The van der Waals surface area contributed by atoms with Crippen molar-refractivity contribution < 1.29 is 19.2 Å². The molecule has 1 aromatic carbocycles. The second-order valence-corrected chi connectivity index (χ2v) is 6.42. The number of quaternary nitrogens is 1. The summed E-state index contributed by atoms with van der Waals surface area (Å²) >= 11 is 0. The first-order valence-corrected chi connectivity index (χ1v) is 7.95. The van der Waals surface area contributed by atoms with Crippen molar-refractivity contribution >= 4 is 17.5 Å². The lowest BCUT2D eigenvalue weighted by atomic mass is 10.2. The van der Waals surface area contributed by atoms with E-state index in [1.807, 2.05) is 13.8 Å². The molecule has 126 valence electrons. The van der Waals surface area contributed by atoms with E-state index in [1.54, 1.807) is 38.4 Å². The van der Waals surface area contributed by atoms with E-state index in [1.165, 1.54) is 9.80 Å². The standard InChI is InChI=1S/C17H25N3O3/c1-12-9-20(10-13(2)23-12)11-16(21)18-15-7-5-14(6-8-15)17(22)19(3)4/h5-8,12-13H,9-11H2,1-4H3,(H,18,21)/p+1/t12-,13-/m1/s1. The van der Waals surface area contributed by atoms with Gasteiger partial charge in [-0.3, -0.25) is 9.59 Å². The number of morpholine rings is 1. The highest BCUT2D eigenvalue weighted by Crippen LogP contribution is 2.10. The summed E-state index contributed by atoms with van der Waals surface area (Å²) in [5.41, 5.74) is 1.31. The summed E-state index contributed by atoms with van der Waals surface area (Å²) in [5, 5.41) is 2.89. The smallest absolute Gasteiger partial charge is 0.279 e. The fourth-order valence-electron chi connectivity index (χ4n) is 2.92. The largest absolute Gasteiger partial charge is 0.364 e. The molecule has 1 aliphatic rings. The number of carbonyl (C=O) groups excluding carboxylic acids is 2. The van der Waals surface area contributed by atoms with Crippen LogP contribution in [0.3, 0.4) is 0 Å². The van der Waals surface area contributed by atoms with Crippen LogP contribution in [0.5, 0.6) is 0 Å². The molecule has 0 aliphatic carbocycles. The van der Waals surface area contributed by atoms with Gasteiger partial charge in [0.25, 0.3) is 11.8 Å². The Morgan fingerprint density at radius 2 is 1.74 bits per heavy atom. The molecule has 1 saturated heterocycles. The lowest BCUT2D eigenvalue weighted by Gasteiger charge is -2.31. The average molecular weight is 320 g/mol. The first-order valence-electron chi connectivity index (χ1n) is 7.95. The van der Waals surface area contributed by atoms with E-state index in [0.717, 1.165) is 13.1 Å². The molecular formula is C17H26N3O3+. The number of carbonyl (C=O) groups is 2. The van der Waals surface area contributed by atoms with Gasteiger partial charge in [-0.15, -0.1) is 0 Å². The summed E-state index contributed by atoms with van der Waals surface area (Å²) in [7, 11) is 3.43. The van der Waals surface area contributed by atoms with Crippen LogP contribution in [0.4, 0.5) is 5.69 Å². The Morgan fingerprint density at radius 1 is 1.17 bits per heavy atom. The predicted molar refractivity (Wildman–Crippen MR) is 88.7 cm³/mol. The summed E-state index contributed by atoms with van der Waals surface area (Å²) in [6, 6.07) is 6.97. The molecule has 0 bridgehead atoms. The van der Waals surface area contributed by atoms with Gasteiger partial charge in [-0.1, -0.05) is 0 Å². The van der Waals surface area contributed by atoms with E-state index in [-0.39, 0.29) is 24.0 Å². The molecule has 1 heterocycles. The van der Waals surface area contributed by atoms with Crippen molar-refractivity contribution in [3.63, 3.8) is 0 Å². The van der Waals surface area contributed by atoms with Gasteiger partial charge in [0.1, 0.15) is 25.3 Å². The molecule has 0 radical (unpaired) electrons. The Hall–Kier alpha value is -1.92. The average Bonchev–Trinajstić information content (AvgIpc) is 2.45. The van der Waals surface area contributed by atoms with Gasteiger partial charge < -0.3 is 19.9 Å². The number of nitrogens with one attached hydrogen (secondary N) is 2. The SMILES string of the molecule is C[C@@H]1C[NH+](CC(=O)Nc2ccc(C(=O)N(C)C)cc2)C[C@@H](C)O1. The highest BCUT2D eigenvalue weighted by Gasteiger charge is 2.27. The maximum Gasteiger partial charge on any atom is 0.279 e. The number of benzene rings is 1. The van der Waals surface area contributed by atoms with Crippen LogP contribution in [0.1, 0.15) is 24.2 Å². The van der Waals surface area contributed by atoms with E-state index in [4.69, 9.17) is 4.74 Å². The molecule has 23 heavy (non-hydrogen) atoms. The molecule has 0 saturated carbocycles. The summed E-state index contributed by atoms with van der Waals surface area (Å²) in [5.74, 6) is -0.0726. The molecule has 2 atom stereocenters. The molecule has 2 rings (SSSR count). The Kier molecular flexibility index (Phi) is 5.74. The Bertz CT molecular complexity index is 547. The van der Waals surface area contributed by atoms with Crippen molar-refractivity contribution in [3.05, 3.63) is 29.8 Å². The fourth-order valence-corrected chi connectivity index (χ4v) is 2.92. The minimum atomic E-state index is -0.0522. The van der Waals surface area contributed by atoms with Crippen molar-refractivity contribution in [2.24, 2.45) is 0 Å². The number of amides is 2. The number of ether oxygens (including phenoxy) is 1. The van der Waals surface area contributed by atoms with Gasteiger partial charge in [0.05, 0.1) is 0 Å². The van der Waals surface area contributed by atoms with Crippen LogP contribution < -0.4 is 10.2 Å². The molecule has 0 spiro atoms. The van der Waals surface area contributed by atoms with Gasteiger partial charge in [-0.05, 0) is 38.1 Å². The zero-order chi connectivity index (χ0) is 17.0. The molecule has 2 amide bonds. The first kappa shape index (κ1) is 17.4. The number of rotatable bonds is 4. The van der Waals surface area contributed by atoms with Crippen LogP contribution in [0.15, 0.2) is 24.3 Å². The monoisotopic (exact) mass is 320 g/mol. The van der Waals surface area contributed by atoms with E-state index in [0.29, 0.717) is 17.8 Å². The molecule has 2 N–H and O–H groups in total. The van der Waals surface area contributed by atoms with E-state index >= 15 is 0 Å². The third-order valence-corrected chi connectivity index (χ3v) is 3.85. The van der Waals surface area contributed by atoms with E-state index in [2.05, 4.69) is 5.32 Å².